The molecule has 4 nitrogen and oxygen atoms in total. The Morgan fingerprint density at radius 2 is 2.43 bits per heavy atom. The third-order valence-electron chi connectivity index (χ3n) is 1.86. The van der Waals surface area contributed by atoms with Crippen LogP contribution in [0.1, 0.15) is 12.6 Å². The van der Waals surface area contributed by atoms with Crippen LogP contribution in [-0.2, 0) is 11.2 Å². The van der Waals surface area contributed by atoms with E-state index in [0.717, 1.165) is 0 Å². The number of nitrogens with two attached hydrogens (primary N) is 1. The molecular formula is C9H11FN2O2. The maximum Gasteiger partial charge on any atom is 0.323 e. The second-order valence-electron chi connectivity index (χ2n) is 3.33. The van der Waals surface area contributed by atoms with Crippen LogP contribution in [0.15, 0.2) is 18.3 Å². The molecule has 1 rings (SSSR count). The zero-order chi connectivity index (χ0) is 10.8. The molecule has 0 saturated carbocycles. The first-order valence-corrected chi connectivity index (χ1v) is 4.05. The third-order valence-corrected chi connectivity index (χ3v) is 1.86. The summed E-state index contributed by atoms with van der Waals surface area (Å²) in [6, 6.07) is 2.66. The first kappa shape index (κ1) is 10.6. The summed E-state index contributed by atoms with van der Waals surface area (Å²) in [5, 5.41) is 8.72. The summed E-state index contributed by atoms with van der Waals surface area (Å²) in [6.45, 7) is 1.32. The molecule has 0 aliphatic carbocycles. The maximum absolute atomic E-state index is 13.1. The van der Waals surface area contributed by atoms with E-state index in [9.17, 15) is 9.18 Å². The molecule has 76 valence electrons. The van der Waals surface area contributed by atoms with Gasteiger partial charge in [0.15, 0.2) is 0 Å². The molecule has 5 heteroatoms. The van der Waals surface area contributed by atoms with Gasteiger partial charge in [0.25, 0.3) is 0 Å². The van der Waals surface area contributed by atoms with E-state index in [-0.39, 0.29) is 12.1 Å². The van der Waals surface area contributed by atoms with Crippen LogP contribution in [0.3, 0.4) is 0 Å². The van der Waals surface area contributed by atoms with Gasteiger partial charge in [-0.1, -0.05) is 0 Å². The minimum atomic E-state index is -1.49. The van der Waals surface area contributed by atoms with Gasteiger partial charge >= 0.3 is 5.97 Å². The van der Waals surface area contributed by atoms with Crippen molar-refractivity contribution < 1.29 is 14.3 Å². The average molecular weight is 198 g/mol. The SMILES string of the molecule is CC(N)(Cc1ncccc1F)C(=O)O. The quantitative estimate of drug-likeness (QED) is 0.744. The highest BCUT2D eigenvalue weighted by molar-refractivity contribution is 5.78. The fourth-order valence-electron chi connectivity index (χ4n) is 0.972. The molecule has 0 aromatic carbocycles. The normalized spacial score (nSPS) is 14.8. The zero-order valence-electron chi connectivity index (χ0n) is 7.70. The van der Waals surface area contributed by atoms with E-state index in [4.69, 9.17) is 10.8 Å². The fourth-order valence-corrected chi connectivity index (χ4v) is 0.972. The van der Waals surface area contributed by atoms with Crippen molar-refractivity contribution in [2.45, 2.75) is 18.9 Å². The van der Waals surface area contributed by atoms with Crippen molar-refractivity contribution >= 4 is 5.97 Å². The van der Waals surface area contributed by atoms with Gasteiger partial charge in [0.1, 0.15) is 11.4 Å². The van der Waals surface area contributed by atoms with Crippen LogP contribution in [0.5, 0.6) is 0 Å². The number of halogens is 1. The monoisotopic (exact) mass is 198 g/mol. The number of rotatable bonds is 3. The van der Waals surface area contributed by atoms with Crippen LogP contribution in [0, 0.1) is 5.82 Å². The highest BCUT2D eigenvalue weighted by Gasteiger charge is 2.29. The maximum atomic E-state index is 13.1. The summed E-state index contributed by atoms with van der Waals surface area (Å²) >= 11 is 0. The van der Waals surface area contributed by atoms with Crippen molar-refractivity contribution in [2.24, 2.45) is 5.73 Å². The molecule has 0 amide bonds. The Kier molecular flexibility index (Phi) is 2.81. The lowest BCUT2D eigenvalue weighted by Gasteiger charge is -2.18. The number of pyridine rings is 1. The first-order valence-electron chi connectivity index (χ1n) is 4.05. The van der Waals surface area contributed by atoms with Gasteiger partial charge in [-0.15, -0.1) is 0 Å². The lowest BCUT2D eigenvalue weighted by Crippen LogP contribution is -2.47. The van der Waals surface area contributed by atoms with Crippen LogP contribution in [0.4, 0.5) is 4.39 Å². The minimum absolute atomic E-state index is 0.0694. The lowest BCUT2D eigenvalue weighted by atomic mass is 9.97. The topological polar surface area (TPSA) is 76.2 Å². The van der Waals surface area contributed by atoms with Crippen LogP contribution in [0.25, 0.3) is 0 Å². The van der Waals surface area contributed by atoms with Gasteiger partial charge in [0, 0.05) is 12.6 Å². The number of aromatic nitrogens is 1. The molecule has 14 heavy (non-hydrogen) atoms. The van der Waals surface area contributed by atoms with E-state index < -0.39 is 17.3 Å². The van der Waals surface area contributed by atoms with Crippen LogP contribution >= 0.6 is 0 Å². The molecule has 0 bridgehead atoms. The van der Waals surface area contributed by atoms with E-state index in [2.05, 4.69) is 4.98 Å². The molecule has 1 atom stereocenters. The molecule has 1 aromatic heterocycles. The van der Waals surface area contributed by atoms with E-state index in [1.807, 2.05) is 0 Å². The van der Waals surface area contributed by atoms with Crippen molar-refractivity contribution in [2.75, 3.05) is 0 Å². The third kappa shape index (κ3) is 2.26. The Balaban J connectivity index is 2.89. The van der Waals surface area contributed by atoms with Crippen LogP contribution in [0.2, 0.25) is 0 Å². The Bertz CT molecular complexity index is 352. The number of aliphatic carboxylic acids is 1. The fraction of sp³-hybridized carbons (Fsp3) is 0.333. The second kappa shape index (κ2) is 3.71. The zero-order valence-corrected chi connectivity index (χ0v) is 7.70. The molecule has 0 fully saturated rings. The van der Waals surface area contributed by atoms with E-state index in [1.54, 1.807) is 0 Å². The summed E-state index contributed by atoms with van der Waals surface area (Å²) in [5.74, 6) is -1.71. The Morgan fingerprint density at radius 3 is 2.93 bits per heavy atom. The number of carboxylic acid groups (broad SMARTS) is 1. The molecular weight excluding hydrogens is 187 g/mol. The van der Waals surface area contributed by atoms with Crippen molar-refractivity contribution in [1.29, 1.82) is 0 Å². The Hall–Kier alpha value is -1.49. The molecule has 0 aliphatic rings. The highest BCUT2D eigenvalue weighted by Crippen LogP contribution is 2.11. The molecule has 1 heterocycles. The molecule has 0 aliphatic heterocycles. The van der Waals surface area contributed by atoms with Crippen LogP contribution in [-0.4, -0.2) is 21.6 Å². The summed E-state index contributed by atoms with van der Waals surface area (Å²) < 4.78 is 13.1. The first-order chi connectivity index (χ1) is 6.43. The van der Waals surface area contributed by atoms with E-state index >= 15 is 0 Å². The number of carbonyl (C=O) groups is 1. The summed E-state index contributed by atoms with van der Waals surface area (Å²) in [7, 11) is 0. The molecule has 0 spiro atoms. The van der Waals surface area contributed by atoms with Gasteiger partial charge < -0.3 is 10.8 Å². The van der Waals surface area contributed by atoms with Crippen molar-refractivity contribution in [3.05, 3.63) is 29.8 Å². The van der Waals surface area contributed by atoms with Gasteiger partial charge in [-0.3, -0.25) is 9.78 Å². The largest absolute Gasteiger partial charge is 0.480 e. The lowest BCUT2D eigenvalue weighted by molar-refractivity contribution is -0.142. The summed E-state index contributed by atoms with van der Waals surface area (Å²) in [6.07, 6.45) is 1.27. The standard InChI is InChI=1S/C9H11FN2O2/c1-9(11,8(13)14)5-7-6(10)3-2-4-12-7/h2-4H,5,11H2,1H3,(H,13,14). The summed E-state index contributed by atoms with van der Waals surface area (Å²) in [4.78, 5) is 14.4. The van der Waals surface area contributed by atoms with Gasteiger partial charge in [0.05, 0.1) is 5.69 Å². The number of hydrogen-bond donors (Lipinski definition) is 2. The second-order valence-corrected chi connectivity index (χ2v) is 3.33. The van der Waals surface area contributed by atoms with Gasteiger partial charge in [-0.2, -0.15) is 0 Å². The smallest absolute Gasteiger partial charge is 0.323 e. The van der Waals surface area contributed by atoms with Gasteiger partial charge in [0.2, 0.25) is 0 Å². The molecule has 0 radical (unpaired) electrons. The van der Waals surface area contributed by atoms with E-state index in [1.165, 1.54) is 25.3 Å². The predicted molar refractivity (Wildman–Crippen MR) is 48.1 cm³/mol. The molecule has 1 aromatic rings. The number of nitrogens with zero attached hydrogens (tertiary/aromatic N) is 1. The van der Waals surface area contributed by atoms with Gasteiger partial charge in [-0.25, -0.2) is 4.39 Å². The van der Waals surface area contributed by atoms with Crippen molar-refractivity contribution in [1.82, 2.24) is 4.98 Å². The van der Waals surface area contributed by atoms with Crippen LogP contribution < -0.4 is 5.73 Å². The molecule has 3 N–H and O–H groups in total. The average Bonchev–Trinajstić information content (AvgIpc) is 2.08. The highest BCUT2D eigenvalue weighted by atomic mass is 19.1. The summed E-state index contributed by atoms with van der Waals surface area (Å²) in [5.41, 5.74) is 4.03. The van der Waals surface area contributed by atoms with E-state index in [0.29, 0.717) is 0 Å². The molecule has 1 unspecified atom stereocenters. The minimum Gasteiger partial charge on any atom is -0.480 e. The Labute approximate surface area is 80.6 Å². The van der Waals surface area contributed by atoms with Gasteiger partial charge in [-0.05, 0) is 19.1 Å². The predicted octanol–water partition coefficient (Wildman–Crippen LogP) is 0.565. The Morgan fingerprint density at radius 1 is 1.79 bits per heavy atom. The number of hydrogen-bond acceptors (Lipinski definition) is 3. The number of carboxylic acids is 1. The van der Waals surface area contributed by atoms with Crippen molar-refractivity contribution in [3.8, 4) is 0 Å². The van der Waals surface area contributed by atoms with Crippen molar-refractivity contribution in [3.63, 3.8) is 0 Å². The molecule has 0 saturated heterocycles.